The molecule has 1 heteroatoms. The zero-order valence-electron chi connectivity index (χ0n) is 16.8. The summed E-state index contributed by atoms with van der Waals surface area (Å²) >= 11 is 0. The quantitative estimate of drug-likeness (QED) is 0.391. The van der Waals surface area contributed by atoms with Gasteiger partial charge in [0.2, 0.25) is 0 Å². The highest BCUT2D eigenvalue weighted by Crippen LogP contribution is 2.54. The van der Waals surface area contributed by atoms with Gasteiger partial charge in [-0.3, -0.25) is 0 Å². The zero-order chi connectivity index (χ0) is 18.0. The molecule has 0 bridgehead atoms. The van der Waals surface area contributed by atoms with Gasteiger partial charge in [0, 0.05) is 5.41 Å². The first kappa shape index (κ1) is 19.3. The van der Waals surface area contributed by atoms with Crippen molar-refractivity contribution in [3.63, 3.8) is 0 Å². The first-order valence-electron chi connectivity index (χ1n) is 9.80. The predicted octanol–water partition coefficient (Wildman–Crippen LogP) is 6.87. The molecule has 1 aliphatic carbocycles. The lowest BCUT2D eigenvalue weighted by atomic mass is 10.0. The van der Waals surface area contributed by atoms with Crippen molar-refractivity contribution >= 4 is 8.07 Å². The molecule has 1 aromatic rings. The molecule has 0 aromatic heterocycles. The molecule has 0 amide bonds. The van der Waals surface area contributed by atoms with Crippen molar-refractivity contribution in [1.82, 2.24) is 0 Å². The smallest absolute Gasteiger partial charge is 0.130 e. The average Bonchev–Trinajstić information content (AvgIpc) is 3.16. The topological polar surface area (TPSA) is 0 Å². The van der Waals surface area contributed by atoms with E-state index >= 15 is 0 Å². The van der Waals surface area contributed by atoms with E-state index in [1.165, 1.54) is 24.8 Å². The van der Waals surface area contributed by atoms with Gasteiger partial charge in [0.15, 0.2) is 0 Å². The number of benzene rings is 1. The minimum absolute atomic E-state index is 0.283. The van der Waals surface area contributed by atoms with Crippen molar-refractivity contribution in [1.29, 1.82) is 0 Å². The van der Waals surface area contributed by atoms with Gasteiger partial charge in [0.05, 0.1) is 0 Å². The number of hydrogen-bond donors (Lipinski definition) is 0. The fourth-order valence-corrected chi connectivity index (χ4v) is 10.1. The SMILES string of the molecule is CC(C)[Si](C#C[C@]1(C)C[C@H]1CCc1ccccc1)(C(C)C)C(C)C. The van der Waals surface area contributed by atoms with Crippen molar-refractivity contribution in [3.8, 4) is 11.5 Å². The fourth-order valence-electron chi connectivity index (χ4n) is 4.70. The first-order chi connectivity index (χ1) is 11.2. The fraction of sp³-hybridized carbons (Fsp3) is 0.652. The van der Waals surface area contributed by atoms with Crippen LogP contribution in [0.5, 0.6) is 0 Å². The Morgan fingerprint density at radius 2 is 1.54 bits per heavy atom. The van der Waals surface area contributed by atoms with Crippen LogP contribution < -0.4 is 0 Å². The maximum Gasteiger partial charge on any atom is 0.145 e. The second kappa shape index (κ2) is 7.48. The van der Waals surface area contributed by atoms with Crippen molar-refractivity contribution in [2.24, 2.45) is 11.3 Å². The lowest BCUT2D eigenvalue weighted by molar-refractivity contribution is 0.603. The van der Waals surface area contributed by atoms with Crippen LogP contribution in [-0.2, 0) is 6.42 Å². The van der Waals surface area contributed by atoms with Gasteiger partial charge in [0.25, 0.3) is 0 Å². The summed E-state index contributed by atoms with van der Waals surface area (Å²) in [4.78, 5) is 0. The third-order valence-corrected chi connectivity index (χ3v) is 12.8. The number of hydrogen-bond acceptors (Lipinski definition) is 0. The molecule has 0 saturated heterocycles. The van der Waals surface area contributed by atoms with E-state index in [0.29, 0.717) is 0 Å². The Labute approximate surface area is 151 Å². The van der Waals surface area contributed by atoms with E-state index in [4.69, 9.17) is 0 Å². The van der Waals surface area contributed by atoms with Crippen LogP contribution >= 0.6 is 0 Å². The van der Waals surface area contributed by atoms with Crippen LogP contribution in [0, 0.1) is 22.8 Å². The van der Waals surface area contributed by atoms with Gasteiger partial charge in [-0.25, -0.2) is 0 Å². The Bertz CT molecular complexity index is 566. The van der Waals surface area contributed by atoms with Crippen molar-refractivity contribution in [2.75, 3.05) is 0 Å². The summed E-state index contributed by atoms with van der Waals surface area (Å²) in [7, 11) is -1.57. The normalized spacial score (nSPS) is 23.5. The second-order valence-electron chi connectivity index (χ2n) is 8.99. The lowest BCUT2D eigenvalue weighted by Crippen LogP contribution is -2.43. The number of aryl methyl sites for hydroxylation is 1. The van der Waals surface area contributed by atoms with Crippen molar-refractivity contribution < 1.29 is 0 Å². The van der Waals surface area contributed by atoms with E-state index < -0.39 is 8.07 Å². The molecule has 1 saturated carbocycles. The standard InChI is InChI=1S/C23H36Si/c1-18(2)24(19(3)4,20(5)6)16-15-23(7)17-22(23)14-13-21-11-9-8-10-12-21/h8-12,18-20,22H,13-14,17H2,1-7H3/t22-,23-/m1/s1. The molecular weight excluding hydrogens is 304 g/mol. The van der Waals surface area contributed by atoms with E-state index in [-0.39, 0.29) is 5.41 Å². The summed E-state index contributed by atoms with van der Waals surface area (Å²) in [6.07, 6.45) is 3.78. The van der Waals surface area contributed by atoms with E-state index in [1.54, 1.807) is 0 Å². The molecule has 0 heterocycles. The molecule has 0 aliphatic heterocycles. The highest BCUT2D eigenvalue weighted by molar-refractivity contribution is 6.90. The van der Waals surface area contributed by atoms with Gasteiger partial charge < -0.3 is 0 Å². The maximum absolute atomic E-state index is 3.95. The van der Waals surface area contributed by atoms with Crippen LogP contribution in [0.4, 0.5) is 0 Å². The second-order valence-corrected chi connectivity index (χ2v) is 14.6. The molecular formula is C23H36Si. The molecule has 1 aromatic carbocycles. The molecule has 0 radical (unpaired) electrons. The van der Waals surface area contributed by atoms with Crippen LogP contribution in [0.15, 0.2) is 30.3 Å². The summed E-state index contributed by atoms with van der Waals surface area (Å²) in [6.45, 7) is 16.8. The third-order valence-electron chi connectivity index (χ3n) is 6.47. The van der Waals surface area contributed by atoms with Crippen molar-refractivity contribution in [2.45, 2.75) is 84.4 Å². The van der Waals surface area contributed by atoms with Gasteiger partial charge in [0.1, 0.15) is 8.07 Å². The van der Waals surface area contributed by atoms with Gasteiger partial charge in [-0.1, -0.05) is 71.9 Å². The molecule has 0 unspecified atom stereocenters. The average molecular weight is 341 g/mol. The van der Waals surface area contributed by atoms with Crippen LogP contribution in [0.3, 0.4) is 0 Å². The molecule has 0 N–H and O–H groups in total. The van der Waals surface area contributed by atoms with Gasteiger partial charge in [-0.05, 0) is 54.3 Å². The van der Waals surface area contributed by atoms with Crippen LogP contribution in [-0.4, -0.2) is 8.07 Å². The van der Waals surface area contributed by atoms with Gasteiger partial charge >= 0.3 is 0 Å². The maximum atomic E-state index is 3.95. The van der Waals surface area contributed by atoms with E-state index in [0.717, 1.165) is 22.5 Å². The highest BCUT2D eigenvalue weighted by atomic mass is 28.3. The molecule has 2 atom stereocenters. The Balaban J connectivity index is 2.06. The molecule has 24 heavy (non-hydrogen) atoms. The van der Waals surface area contributed by atoms with E-state index in [1.807, 2.05) is 0 Å². The molecule has 132 valence electrons. The largest absolute Gasteiger partial charge is 0.145 e. The molecule has 1 fully saturated rings. The predicted molar refractivity (Wildman–Crippen MR) is 110 cm³/mol. The van der Waals surface area contributed by atoms with Crippen LogP contribution in [0.1, 0.15) is 66.9 Å². The number of rotatable bonds is 6. The minimum atomic E-state index is -1.57. The Morgan fingerprint density at radius 1 is 1.00 bits per heavy atom. The van der Waals surface area contributed by atoms with Crippen molar-refractivity contribution in [3.05, 3.63) is 35.9 Å². The zero-order valence-corrected chi connectivity index (χ0v) is 17.8. The van der Waals surface area contributed by atoms with E-state index in [2.05, 4.69) is 90.3 Å². The van der Waals surface area contributed by atoms with E-state index in [9.17, 15) is 0 Å². The molecule has 0 spiro atoms. The van der Waals surface area contributed by atoms with Crippen LogP contribution in [0.2, 0.25) is 16.6 Å². The summed E-state index contributed by atoms with van der Waals surface area (Å²) in [5, 5.41) is 0. The first-order valence-corrected chi connectivity index (χ1v) is 12.0. The highest BCUT2D eigenvalue weighted by Gasteiger charge is 2.49. The monoisotopic (exact) mass is 340 g/mol. The lowest BCUT2D eigenvalue weighted by Gasteiger charge is -2.38. The summed E-state index contributed by atoms with van der Waals surface area (Å²) in [6, 6.07) is 10.9. The Morgan fingerprint density at radius 3 is 2.04 bits per heavy atom. The van der Waals surface area contributed by atoms with Gasteiger partial charge in [-0.15, -0.1) is 11.5 Å². The van der Waals surface area contributed by atoms with Crippen LogP contribution in [0.25, 0.3) is 0 Å². The molecule has 1 aliphatic rings. The van der Waals surface area contributed by atoms with Gasteiger partial charge in [-0.2, -0.15) is 0 Å². The molecule has 0 nitrogen and oxygen atoms in total. The summed E-state index contributed by atoms with van der Waals surface area (Å²) in [5.74, 6) is 4.61. The molecule has 2 rings (SSSR count). The Kier molecular flexibility index (Phi) is 6.03. The minimum Gasteiger partial charge on any atom is -0.130 e. The summed E-state index contributed by atoms with van der Waals surface area (Å²) < 4.78 is 0. The summed E-state index contributed by atoms with van der Waals surface area (Å²) in [5.41, 5.74) is 7.90. The Hall–Kier alpha value is -1.00. The third kappa shape index (κ3) is 3.97.